The van der Waals surface area contributed by atoms with Gasteiger partial charge in [0.05, 0.1) is 11.6 Å². The molecule has 3 aromatic rings. The van der Waals surface area contributed by atoms with Gasteiger partial charge in [-0.2, -0.15) is 5.26 Å². The molecule has 3 rings (SSSR count). The minimum atomic E-state index is -0.106. The van der Waals surface area contributed by atoms with Gasteiger partial charge in [0.15, 0.2) is 11.6 Å². The minimum absolute atomic E-state index is 0.106. The molecule has 2 aromatic carbocycles. The van der Waals surface area contributed by atoms with Crippen molar-refractivity contribution < 1.29 is 4.79 Å². The summed E-state index contributed by atoms with van der Waals surface area (Å²) in [6, 6.07) is 22.4. The van der Waals surface area contributed by atoms with E-state index in [1.807, 2.05) is 36.4 Å². The first-order valence-electron chi connectivity index (χ1n) is 8.17. The molecule has 26 heavy (non-hydrogen) atoms. The van der Waals surface area contributed by atoms with Gasteiger partial charge in [0.1, 0.15) is 0 Å². The zero-order valence-electron chi connectivity index (χ0n) is 14.0. The Morgan fingerprint density at radius 1 is 0.962 bits per heavy atom. The van der Waals surface area contributed by atoms with E-state index in [-0.39, 0.29) is 5.91 Å². The molecule has 1 amide bonds. The molecule has 0 saturated heterocycles. The Labute approximate surface area is 151 Å². The summed E-state index contributed by atoms with van der Waals surface area (Å²) < 4.78 is 0. The SMILES string of the molecule is N#Cc1cccc(Nc2ccc(NC(=O)CCc3ccccc3)nn2)c1. The standard InChI is InChI=1S/C20H17N5O/c21-14-16-7-4-8-17(13-16)22-18-10-11-19(25-24-18)23-20(26)12-9-15-5-2-1-3-6-15/h1-8,10-11,13H,9,12H2,(H,22,24)(H,23,25,26). The Kier molecular flexibility index (Phi) is 5.53. The van der Waals surface area contributed by atoms with Crippen molar-refractivity contribution in [2.75, 3.05) is 10.6 Å². The molecular weight excluding hydrogens is 326 g/mol. The molecule has 0 saturated carbocycles. The predicted molar refractivity (Wildman–Crippen MR) is 99.9 cm³/mol. The van der Waals surface area contributed by atoms with Crippen molar-refractivity contribution in [3.8, 4) is 6.07 Å². The maximum Gasteiger partial charge on any atom is 0.225 e. The van der Waals surface area contributed by atoms with Gasteiger partial charge >= 0.3 is 0 Å². The summed E-state index contributed by atoms with van der Waals surface area (Å²) in [6.45, 7) is 0. The second-order valence-corrected chi connectivity index (χ2v) is 5.66. The average molecular weight is 343 g/mol. The fourth-order valence-corrected chi connectivity index (χ4v) is 2.39. The fourth-order valence-electron chi connectivity index (χ4n) is 2.39. The molecule has 0 aliphatic carbocycles. The van der Waals surface area contributed by atoms with Gasteiger partial charge in [-0.05, 0) is 42.3 Å². The average Bonchev–Trinajstić information content (AvgIpc) is 2.69. The van der Waals surface area contributed by atoms with Crippen molar-refractivity contribution in [2.45, 2.75) is 12.8 Å². The summed E-state index contributed by atoms with van der Waals surface area (Å²) in [7, 11) is 0. The third-order valence-corrected chi connectivity index (χ3v) is 3.68. The second-order valence-electron chi connectivity index (χ2n) is 5.66. The lowest BCUT2D eigenvalue weighted by molar-refractivity contribution is -0.116. The van der Waals surface area contributed by atoms with Crippen molar-refractivity contribution in [1.29, 1.82) is 5.26 Å². The summed E-state index contributed by atoms with van der Waals surface area (Å²) in [5.74, 6) is 0.826. The number of amides is 1. The van der Waals surface area contributed by atoms with E-state index < -0.39 is 0 Å². The van der Waals surface area contributed by atoms with E-state index in [0.29, 0.717) is 30.0 Å². The predicted octanol–water partition coefficient (Wildman–Crippen LogP) is 3.66. The first-order valence-corrected chi connectivity index (χ1v) is 8.17. The van der Waals surface area contributed by atoms with Crippen LogP contribution in [0.2, 0.25) is 0 Å². The summed E-state index contributed by atoms with van der Waals surface area (Å²) in [5.41, 5.74) is 2.43. The van der Waals surface area contributed by atoms with Gasteiger partial charge in [0.2, 0.25) is 5.91 Å². The molecule has 0 fully saturated rings. The Balaban J connectivity index is 1.54. The van der Waals surface area contributed by atoms with Gasteiger partial charge in [-0.25, -0.2) is 0 Å². The van der Waals surface area contributed by atoms with E-state index in [0.717, 1.165) is 11.3 Å². The number of nitrogens with zero attached hydrogens (tertiary/aromatic N) is 3. The van der Waals surface area contributed by atoms with Crippen LogP contribution in [0.5, 0.6) is 0 Å². The van der Waals surface area contributed by atoms with Gasteiger partial charge in [0, 0.05) is 12.1 Å². The number of nitrogens with one attached hydrogen (secondary N) is 2. The van der Waals surface area contributed by atoms with Crippen molar-refractivity contribution in [3.05, 3.63) is 77.9 Å². The molecule has 1 heterocycles. The lowest BCUT2D eigenvalue weighted by atomic mass is 10.1. The first-order chi connectivity index (χ1) is 12.7. The second kappa shape index (κ2) is 8.40. The van der Waals surface area contributed by atoms with E-state index in [9.17, 15) is 4.79 Å². The number of nitriles is 1. The number of benzene rings is 2. The number of rotatable bonds is 6. The van der Waals surface area contributed by atoms with Crippen LogP contribution in [0.25, 0.3) is 0 Å². The molecule has 6 nitrogen and oxygen atoms in total. The summed E-state index contributed by atoms with van der Waals surface area (Å²) in [5, 5.41) is 22.8. The highest BCUT2D eigenvalue weighted by Gasteiger charge is 2.05. The molecule has 1 aromatic heterocycles. The van der Waals surface area contributed by atoms with Crippen LogP contribution in [-0.4, -0.2) is 16.1 Å². The third kappa shape index (κ3) is 4.89. The Hall–Kier alpha value is -3.72. The lowest BCUT2D eigenvalue weighted by Crippen LogP contribution is -2.14. The molecule has 0 radical (unpaired) electrons. The molecule has 128 valence electrons. The topological polar surface area (TPSA) is 90.7 Å². The number of carbonyl (C=O) groups is 1. The van der Waals surface area contributed by atoms with Crippen molar-refractivity contribution in [2.24, 2.45) is 0 Å². The number of hydrogen-bond acceptors (Lipinski definition) is 5. The molecule has 0 unspecified atom stereocenters. The van der Waals surface area contributed by atoms with E-state index in [1.165, 1.54) is 0 Å². The minimum Gasteiger partial charge on any atom is -0.339 e. The first kappa shape index (κ1) is 17.1. The largest absolute Gasteiger partial charge is 0.339 e. The zero-order valence-corrected chi connectivity index (χ0v) is 14.0. The van der Waals surface area contributed by atoms with Crippen LogP contribution < -0.4 is 10.6 Å². The van der Waals surface area contributed by atoms with Crippen LogP contribution in [0.1, 0.15) is 17.5 Å². The highest BCUT2D eigenvalue weighted by atomic mass is 16.1. The van der Waals surface area contributed by atoms with Gasteiger partial charge in [0.25, 0.3) is 0 Å². The van der Waals surface area contributed by atoms with Crippen LogP contribution >= 0.6 is 0 Å². The van der Waals surface area contributed by atoms with Gasteiger partial charge in [-0.15, -0.1) is 10.2 Å². The van der Waals surface area contributed by atoms with Crippen LogP contribution in [0.15, 0.2) is 66.7 Å². The number of hydrogen-bond donors (Lipinski definition) is 2. The molecule has 0 aliphatic rings. The maximum atomic E-state index is 12.0. The molecule has 6 heteroatoms. The van der Waals surface area contributed by atoms with Crippen molar-refractivity contribution >= 4 is 23.2 Å². The van der Waals surface area contributed by atoms with Crippen LogP contribution in [0, 0.1) is 11.3 Å². The zero-order chi connectivity index (χ0) is 18.2. The molecule has 0 aliphatic heterocycles. The maximum absolute atomic E-state index is 12.0. The highest BCUT2D eigenvalue weighted by molar-refractivity contribution is 5.89. The van der Waals surface area contributed by atoms with Crippen molar-refractivity contribution in [3.63, 3.8) is 0 Å². The van der Waals surface area contributed by atoms with Gasteiger partial charge in [-0.1, -0.05) is 36.4 Å². The lowest BCUT2D eigenvalue weighted by Gasteiger charge is -2.07. The molecule has 2 N–H and O–H groups in total. The Bertz CT molecular complexity index is 917. The quantitative estimate of drug-likeness (QED) is 0.713. The number of carbonyl (C=O) groups excluding carboxylic acids is 1. The van der Waals surface area contributed by atoms with Gasteiger partial charge < -0.3 is 10.6 Å². The monoisotopic (exact) mass is 343 g/mol. The summed E-state index contributed by atoms with van der Waals surface area (Å²) in [4.78, 5) is 12.0. The fraction of sp³-hybridized carbons (Fsp3) is 0.100. The smallest absolute Gasteiger partial charge is 0.225 e. The summed E-state index contributed by atoms with van der Waals surface area (Å²) >= 11 is 0. The van der Waals surface area contributed by atoms with Crippen LogP contribution in [0.4, 0.5) is 17.3 Å². The molecule has 0 atom stereocenters. The van der Waals surface area contributed by atoms with Gasteiger partial charge in [-0.3, -0.25) is 4.79 Å². The third-order valence-electron chi connectivity index (χ3n) is 3.68. The molecule has 0 spiro atoms. The normalized spacial score (nSPS) is 9.96. The van der Waals surface area contributed by atoms with Crippen LogP contribution in [-0.2, 0) is 11.2 Å². The Morgan fingerprint density at radius 3 is 2.46 bits per heavy atom. The highest BCUT2D eigenvalue weighted by Crippen LogP contribution is 2.16. The van der Waals surface area contributed by atoms with Crippen LogP contribution in [0.3, 0.4) is 0 Å². The Morgan fingerprint density at radius 2 is 1.73 bits per heavy atom. The molecule has 0 bridgehead atoms. The van der Waals surface area contributed by atoms with E-state index in [1.54, 1.807) is 30.3 Å². The van der Waals surface area contributed by atoms with E-state index in [2.05, 4.69) is 26.9 Å². The van der Waals surface area contributed by atoms with E-state index >= 15 is 0 Å². The number of anilines is 3. The van der Waals surface area contributed by atoms with E-state index in [4.69, 9.17) is 5.26 Å². The number of aryl methyl sites for hydroxylation is 1. The summed E-state index contributed by atoms with van der Waals surface area (Å²) in [6.07, 6.45) is 1.06. The van der Waals surface area contributed by atoms with Crippen molar-refractivity contribution in [1.82, 2.24) is 10.2 Å². The number of aromatic nitrogens is 2. The molecular formula is C20H17N5O.